The van der Waals surface area contributed by atoms with Gasteiger partial charge in [-0.3, -0.25) is 5.41 Å². The molecule has 0 aliphatic heterocycles. The van der Waals surface area contributed by atoms with E-state index in [1.54, 1.807) is 0 Å². The van der Waals surface area contributed by atoms with Crippen molar-refractivity contribution >= 4 is 16.8 Å². The maximum Gasteiger partial charge on any atom is 0.186 e. The van der Waals surface area contributed by atoms with Crippen molar-refractivity contribution in [3.63, 3.8) is 0 Å². The first kappa shape index (κ1) is 10.7. The minimum atomic E-state index is 0.293. The number of fused-ring (bicyclic) bond motifs is 1. The van der Waals surface area contributed by atoms with Gasteiger partial charge in [0.2, 0.25) is 0 Å². The lowest BCUT2D eigenvalue weighted by molar-refractivity contribution is 0.389. The van der Waals surface area contributed by atoms with Crippen molar-refractivity contribution in [2.75, 3.05) is 7.11 Å². The SMILES string of the molecule is CCc1c(CC(=N)OC)[nH]c2ccccc12. The van der Waals surface area contributed by atoms with Gasteiger partial charge in [-0.15, -0.1) is 0 Å². The minimum absolute atomic E-state index is 0.293. The van der Waals surface area contributed by atoms with Gasteiger partial charge >= 0.3 is 0 Å². The van der Waals surface area contributed by atoms with Crippen LogP contribution in [0.1, 0.15) is 18.2 Å². The highest BCUT2D eigenvalue weighted by atomic mass is 16.5. The van der Waals surface area contributed by atoms with Gasteiger partial charge in [0.1, 0.15) is 0 Å². The van der Waals surface area contributed by atoms with Gasteiger partial charge in [0.15, 0.2) is 5.90 Å². The average molecular weight is 216 g/mol. The summed E-state index contributed by atoms with van der Waals surface area (Å²) in [5.74, 6) is 0.293. The molecule has 16 heavy (non-hydrogen) atoms. The van der Waals surface area contributed by atoms with E-state index in [4.69, 9.17) is 10.1 Å². The van der Waals surface area contributed by atoms with Crippen LogP contribution in [-0.4, -0.2) is 18.0 Å². The predicted octanol–water partition coefficient (Wildman–Crippen LogP) is 2.90. The normalized spacial score (nSPS) is 10.6. The van der Waals surface area contributed by atoms with Gasteiger partial charge in [-0.2, -0.15) is 0 Å². The lowest BCUT2D eigenvalue weighted by Crippen LogP contribution is -2.05. The molecule has 0 spiro atoms. The van der Waals surface area contributed by atoms with E-state index in [1.807, 2.05) is 12.1 Å². The van der Waals surface area contributed by atoms with Gasteiger partial charge in [-0.25, -0.2) is 0 Å². The summed E-state index contributed by atoms with van der Waals surface area (Å²) in [6.45, 7) is 2.13. The highest BCUT2D eigenvalue weighted by Gasteiger charge is 2.10. The van der Waals surface area contributed by atoms with E-state index < -0.39 is 0 Å². The molecule has 0 radical (unpaired) electrons. The highest BCUT2D eigenvalue weighted by molar-refractivity contribution is 5.86. The number of H-pyrrole nitrogens is 1. The number of methoxy groups -OCH3 is 1. The first-order valence-corrected chi connectivity index (χ1v) is 5.46. The molecule has 2 aromatic rings. The van der Waals surface area contributed by atoms with E-state index >= 15 is 0 Å². The van der Waals surface area contributed by atoms with Crippen LogP contribution in [0.3, 0.4) is 0 Å². The zero-order valence-corrected chi connectivity index (χ0v) is 9.63. The minimum Gasteiger partial charge on any atom is -0.484 e. The molecule has 2 rings (SSSR count). The number of para-hydroxylation sites is 1. The maximum absolute atomic E-state index is 7.58. The summed E-state index contributed by atoms with van der Waals surface area (Å²) < 4.78 is 4.91. The molecule has 1 aromatic carbocycles. The molecule has 0 saturated carbocycles. The Morgan fingerprint density at radius 3 is 2.81 bits per heavy atom. The molecule has 0 bridgehead atoms. The molecule has 0 amide bonds. The summed E-state index contributed by atoms with van der Waals surface area (Å²) in [5, 5.41) is 8.83. The Hall–Kier alpha value is -1.77. The monoisotopic (exact) mass is 216 g/mol. The van der Waals surface area contributed by atoms with Crippen LogP contribution in [-0.2, 0) is 17.6 Å². The fourth-order valence-corrected chi connectivity index (χ4v) is 2.04. The molecule has 0 aliphatic carbocycles. The second kappa shape index (κ2) is 4.39. The second-order valence-corrected chi connectivity index (χ2v) is 3.79. The summed E-state index contributed by atoms with van der Waals surface area (Å²) in [6, 6.07) is 8.24. The van der Waals surface area contributed by atoms with E-state index in [1.165, 1.54) is 18.1 Å². The van der Waals surface area contributed by atoms with Crippen LogP contribution in [0.5, 0.6) is 0 Å². The number of hydrogen-bond donors (Lipinski definition) is 2. The number of ether oxygens (including phenoxy) is 1. The third-order valence-corrected chi connectivity index (χ3v) is 2.84. The first-order chi connectivity index (χ1) is 7.76. The summed E-state index contributed by atoms with van der Waals surface area (Å²) in [6.07, 6.45) is 1.50. The molecular weight excluding hydrogens is 200 g/mol. The van der Waals surface area contributed by atoms with Crippen molar-refractivity contribution in [1.82, 2.24) is 4.98 Å². The van der Waals surface area contributed by atoms with Crippen LogP contribution in [0.2, 0.25) is 0 Å². The molecule has 1 aromatic heterocycles. The zero-order chi connectivity index (χ0) is 11.5. The summed E-state index contributed by atoms with van der Waals surface area (Å²) in [4.78, 5) is 3.36. The first-order valence-electron chi connectivity index (χ1n) is 5.46. The molecule has 0 fully saturated rings. The summed E-state index contributed by atoms with van der Waals surface area (Å²) >= 11 is 0. The quantitative estimate of drug-likeness (QED) is 0.601. The lowest BCUT2D eigenvalue weighted by Gasteiger charge is -2.02. The van der Waals surface area contributed by atoms with Crippen LogP contribution in [0.15, 0.2) is 24.3 Å². The molecule has 2 N–H and O–H groups in total. The lowest BCUT2D eigenvalue weighted by atomic mass is 10.1. The zero-order valence-electron chi connectivity index (χ0n) is 9.63. The van der Waals surface area contributed by atoms with Gasteiger partial charge in [0, 0.05) is 16.6 Å². The Morgan fingerprint density at radius 1 is 1.38 bits per heavy atom. The van der Waals surface area contributed by atoms with Crippen LogP contribution >= 0.6 is 0 Å². The molecule has 0 aliphatic rings. The Bertz CT molecular complexity index is 514. The fraction of sp³-hybridized carbons (Fsp3) is 0.308. The van der Waals surface area contributed by atoms with Crippen LogP contribution in [0.25, 0.3) is 10.9 Å². The summed E-state index contributed by atoms with van der Waals surface area (Å²) in [7, 11) is 1.54. The van der Waals surface area contributed by atoms with E-state index in [2.05, 4.69) is 24.0 Å². The molecule has 3 nitrogen and oxygen atoms in total. The van der Waals surface area contributed by atoms with Crippen LogP contribution in [0.4, 0.5) is 0 Å². The number of rotatable bonds is 3. The fourth-order valence-electron chi connectivity index (χ4n) is 2.04. The molecule has 3 heteroatoms. The van der Waals surface area contributed by atoms with Crippen LogP contribution in [0, 0.1) is 5.41 Å². The van der Waals surface area contributed by atoms with Gasteiger partial charge in [-0.05, 0) is 18.1 Å². The Kier molecular flexibility index (Phi) is 2.95. The summed E-state index contributed by atoms with van der Waals surface area (Å²) in [5.41, 5.74) is 3.52. The predicted molar refractivity (Wildman–Crippen MR) is 66.1 cm³/mol. The Morgan fingerprint density at radius 2 is 2.12 bits per heavy atom. The van der Waals surface area contributed by atoms with Crippen molar-refractivity contribution in [3.8, 4) is 0 Å². The van der Waals surface area contributed by atoms with Gasteiger partial charge in [0.05, 0.1) is 13.5 Å². The number of hydrogen-bond acceptors (Lipinski definition) is 2. The molecule has 0 unspecified atom stereocenters. The number of nitrogens with one attached hydrogen (secondary N) is 2. The Labute approximate surface area is 94.9 Å². The van der Waals surface area contributed by atoms with Gasteiger partial charge in [0.25, 0.3) is 0 Å². The Balaban J connectivity index is 2.48. The number of benzene rings is 1. The maximum atomic E-state index is 7.58. The van der Waals surface area contributed by atoms with E-state index in [0.29, 0.717) is 12.3 Å². The molecule has 0 saturated heterocycles. The topological polar surface area (TPSA) is 48.9 Å². The van der Waals surface area contributed by atoms with Crippen molar-refractivity contribution in [1.29, 1.82) is 5.41 Å². The van der Waals surface area contributed by atoms with Crippen molar-refractivity contribution < 1.29 is 4.74 Å². The van der Waals surface area contributed by atoms with Gasteiger partial charge in [-0.1, -0.05) is 25.1 Å². The molecule has 1 heterocycles. The van der Waals surface area contributed by atoms with Crippen molar-refractivity contribution in [2.45, 2.75) is 19.8 Å². The second-order valence-electron chi connectivity index (χ2n) is 3.79. The smallest absolute Gasteiger partial charge is 0.186 e. The van der Waals surface area contributed by atoms with Crippen molar-refractivity contribution in [3.05, 3.63) is 35.5 Å². The largest absolute Gasteiger partial charge is 0.484 e. The highest BCUT2D eigenvalue weighted by Crippen LogP contribution is 2.23. The molecular formula is C13H16N2O. The standard InChI is InChI=1S/C13H16N2O/c1-3-9-10-6-4-5-7-11(10)15-12(9)8-13(14)16-2/h4-7,14-15H,3,8H2,1-2H3. The number of aromatic amines is 1. The van der Waals surface area contributed by atoms with E-state index in [9.17, 15) is 0 Å². The van der Waals surface area contributed by atoms with E-state index in [0.717, 1.165) is 17.6 Å². The van der Waals surface area contributed by atoms with E-state index in [-0.39, 0.29) is 0 Å². The van der Waals surface area contributed by atoms with Crippen molar-refractivity contribution in [2.24, 2.45) is 0 Å². The average Bonchev–Trinajstić information content (AvgIpc) is 2.65. The number of aromatic nitrogens is 1. The third-order valence-electron chi connectivity index (χ3n) is 2.84. The molecule has 84 valence electrons. The van der Waals surface area contributed by atoms with Gasteiger partial charge < -0.3 is 9.72 Å². The van der Waals surface area contributed by atoms with Crippen LogP contribution < -0.4 is 0 Å². The molecule has 0 atom stereocenters. The number of aryl methyl sites for hydroxylation is 1. The third kappa shape index (κ3) is 1.81.